The predicted octanol–water partition coefficient (Wildman–Crippen LogP) is 1.61. The van der Waals surface area contributed by atoms with Crippen molar-refractivity contribution in [3.8, 4) is 0 Å². The predicted molar refractivity (Wildman–Crippen MR) is 59.9 cm³/mol. The molecule has 0 aliphatic rings. The average molecular weight is 198 g/mol. The number of carbonyl (C=O) groups is 1. The molecule has 0 fully saturated rings. The minimum atomic E-state index is -0.0654. The largest absolute Gasteiger partial charge is 0.337 e. The number of carbonyl (C=O) groups excluding carboxylic acids is 1. The Balaban J connectivity index is 4.23. The zero-order valence-corrected chi connectivity index (χ0v) is 9.92. The zero-order valence-electron chi connectivity index (χ0n) is 9.92. The van der Waals surface area contributed by atoms with E-state index in [1.165, 1.54) is 0 Å². The number of nitrogens with one attached hydrogen (secondary N) is 1. The van der Waals surface area contributed by atoms with Gasteiger partial charge in [-0.25, -0.2) is 0 Å². The van der Waals surface area contributed by atoms with Crippen molar-refractivity contribution in [1.29, 1.82) is 0 Å². The van der Waals surface area contributed by atoms with Crippen molar-refractivity contribution in [3.05, 3.63) is 12.2 Å². The van der Waals surface area contributed by atoms with E-state index < -0.39 is 0 Å². The summed E-state index contributed by atoms with van der Waals surface area (Å²) in [4.78, 5) is 13.4. The maximum Gasteiger partial charge on any atom is 0.247 e. The van der Waals surface area contributed by atoms with Crippen LogP contribution in [0.15, 0.2) is 12.2 Å². The Morgan fingerprint density at radius 3 is 2.21 bits per heavy atom. The molecule has 82 valence electrons. The first-order valence-corrected chi connectivity index (χ1v) is 4.97. The molecule has 1 atom stereocenters. The maximum absolute atomic E-state index is 11.4. The molecule has 0 aliphatic carbocycles. The molecular weight excluding hydrogens is 176 g/mol. The van der Waals surface area contributed by atoms with E-state index in [0.29, 0.717) is 11.5 Å². The lowest BCUT2D eigenvalue weighted by molar-refractivity contribution is -0.119. The zero-order chi connectivity index (χ0) is 11.3. The van der Waals surface area contributed by atoms with Crippen molar-refractivity contribution >= 4 is 5.91 Å². The van der Waals surface area contributed by atoms with Crippen LogP contribution in [0.3, 0.4) is 0 Å². The second-order valence-electron chi connectivity index (χ2n) is 4.36. The summed E-state index contributed by atoms with van der Waals surface area (Å²) in [7, 11) is 3.93. The second kappa shape index (κ2) is 5.81. The summed E-state index contributed by atoms with van der Waals surface area (Å²) in [5.41, 5.74) is 0.556. The summed E-state index contributed by atoms with van der Waals surface area (Å²) in [6.07, 6.45) is 1.05. The van der Waals surface area contributed by atoms with Crippen molar-refractivity contribution in [3.63, 3.8) is 0 Å². The fourth-order valence-electron chi connectivity index (χ4n) is 1.12. The minimum absolute atomic E-state index is 0.0654. The molecule has 3 heteroatoms. The van der Waals surface area contributed by atoms with E-state index in [0.717, 1.165) is 6.42 Å². The molecule has 3 nitrogen and oxygen atoms in total. The quantitative estimate of drug-likeness (QED) is 0.538. The number of hydrogen-bond donors (Lipinski definition) is 1. The molecule has 0 saturated heterocycles. The van der Waals surface area contributed by atoms with Gasteiger partial charge in [0, 0.05) is 5.57 Å². The molecule has 0 saturated carbocycles. The third-order valence-corrected chi connectivity index (χ3v) is 2.00. The Morgan fingerprint density at radius 2 is 1.93 bits per heavy atom. The first kappa shape index (κ1) is 13.2. The van der Waals surface area contributed by atoms with Gasteiger partial charge < -0.3 is 5.32 Å². The van der Waals surface area contributed by atoms with Crippen LogP contribution in [0.5, 0.6) is 0 Å². The molecule has 1 amide bonds. The smallest absolute Gasteiger partial charge is 0.247 e. The Kier molecular flexibility index (Phi) is 5.46. The van der Waals surface area contributed by atoms with E-state index in [4.69, 9.17) is 0 Å². The van der Waals surface area contributed by atoms with Gasteiger partial charge >= 0.3 is 0 Å². The molecule has 1 unspecified atom stereocenters. The van der Waals surface area contributed by atoms with Crippen LogP contribution >= 0.6 is 0 Å². The average Bonchev–Trinajstić information content (AvgIpc) is 2.01. The molecule has 0 heterocycles. The second-order valence-corrected chi connectivity index (χ2v) is 4.36. The monoisotopic (exact) mass is 198 g/mol. The lowest BCUT2D eigenvalue weighted by Gasteiger charge is -2.27. The van der Waals surface area contributed by atoms with Crippen LogP contribution in [0.1, 0.15) is 27.2 Å². The maximum atomic E-state index is 11.4. The number of rotatable bonds is 5. The fraction of sp³-hybridized carbons (Fsp3) is 0.727. The highest BCUT2D eigenvalue weighted by molar-refractivity contribution is 5.92. The van der Waals surface area contributed by atoms with Crippen molar-refractivity contribution in [1.82, 2.24) is 10.2 Å². The van der Waals surface area contributed by atoms with E-state index >= 15 is 0 Å². The first-order valence-electron chi connectivity index (χ1n) is 4.97. The van der Waals surface area contributed by atoms with Gasteiger partial charge in [-0.2, -0.15) is 0 Å². The van der Waals surface area contributed by atoms with Crippen molar-refractivity contribution < 1.29 is 4.79 Å². The molecule has 0 spiro atoms. The van der Waals surface area contributed by atoms with E-state index in [1.54, 1.807) is 6.92 Å². The Bertz CT molecular complexity index is 209. The van der Waals surface area contributed by atoms with Gasteiger partial charge in [0.2, 0.25) is 5.91 Å². The normalized spacial score (nSPS) is 13.1. The lowest BCUT2D eigenvalue weighted by atomic mass is 10.1. The fourth-order valence-corrected chi connectivity index (χ4v) is 1.12. The van der Waals surface area contributed by atoms with Gasteiger partial charge in [0.25, 0.3) is 0 Å². The Hall–Kier alpha value is -0.830. The third kappa shape index (κ3) is 5.02. The summed E-state index contributed by atoms with van der Waals surface area (Å²) in [5.74, 6) is 0.497. The van der Waals surface area contributed by atoms with Gasteiger partial charge in [0.15, 0.2) is 0 Å². The molecular formula is C11H22N2O. The minimum Gasteiger partial charge on any atom is -0.337 e. The van der Waals surface area contributed by atoms with Crippen molar-refractivity contribution in [2.75, 3.05) is 14.1 Å². The summed E-state index contributed by atoms with van der Waals surface area (Å²) in [6, 6.07) is 0. The highest BCUT2D eigenvalue weighted by atomic mass is 16.1. The Morgan fingerprint density at radius 1 is 1.43 bits per heavy atom. The van der Waals surface area contributed by atoms with E-state index in [2.05, 4.69) is 25.7 Å². The summed E-state index contributed by atoms with van der Waals surface area (Å²) >= 11 is 0. The van der Waals surface area contributed by atoms with Gasteiger partial charge in [-0.3, -0.25) is 9.69 Å². The topological polar surface area (TPSA) is 32.3 Å². The molecule has 0 aromatic carbocycles. The number of hydrogen-bond acceptors (Lipinski definition) is 2. The molecule has 0 aliphatic heterocycles. The molecule has 0 rings (SSSR count). The van der Waals surface area contributed by atoms with E-state index in [1.807, 2.05) is 19.0 Å². The summed E-state index contributed by atoms with van der Waals surface area (Å²) in [5, 5.41) is 2.93. The van der Waals surface area contributed by atoms with E-state index in [-0.39, 0.29) is 12.1 Å². The molecule has 14 heavy (non-hydrogen) atoms. The van der Waals surface area contributed by atoms with Gasteiger partial charge in [-0.1, -0.05) is 20.4 Å². The molecule has 0 radical (unpaired) electrons. The van der Waals surface area contributed by atoms with Crippen LogP contribution in [-0.4, -0.2) is 31.1 Å². The van der Waals surface area contributed by atoms with Gasteiger partial charge in [-0.05, 0) is 33.4 Å². The molecule has 0 aromatic rings. The van der Waals surface area contributed by atoms with Crippen LogP contribution in [0.2, 0.25) is 0 Å². The van der Waals surface area contributed by atoms with Crippen LogP contribution in [0.4, 0.5) is 0 Å². The molecule has 0 aromatic heterocycles. The SMILES string of the molecule is C=C(C)C(=O)NC(CC(C)C)N(C)C. The van der Waals surface area contributed by atoms with Gasteiger partial charge in [-0.15, -0.1) is 0 Å². The molecule has 0 bridgehead atoms. The van der Waals surface area contributed by atoms with Crippen LogP contribution in [0.25, 0.3) is 0 Å². The summed E-state index contributed by atoms with van der Waals surface area (Å²) < 4.78 is 0. The van der Waals surface area contributed by atoms with Crippen LogP contribution < -0.4 is 5.32 Å². The van der Waals surface area contributed by atoms with Gasteiger partial charge in [0.05, 0.1) is 6.17 Å². The van der Waals surface area contributed by atoms with Gasteiger partial charge in [0.1, 0.15) is 0 Å². The van der Waals surface area contributed by atoms with Crippen molar-refractivity contribution in [2.45, 2.75) is 33.4 Å². The van der Waals surface area contributed by atoms with E-state index in [9.17, 15) is 4.79 Å². The highest BCUT2D eigenvalue weighted by Gasteiger charge is 2.15. The van der Waals surface area contributed by atoms with Crippen LogP contribution in [-0.2, 0) is 4.79 Å². The lowest BCUT2D eigenvalue weighted by Crippen LogP contribution is -2.45. The summed E-state index contributed by atoms with van der Waals surface area (Å²) in [6.45, 7) is 9.62. The highest BCUT2D eigenvalue weighted by Crippen LogP contribution is 2.07. The number of amides is 1. The first-order chi connectivity index (χ1) is 6.34. The van der Waals surface area contributed by atoms with Crippen LogP contribution in [0, 0.1) is 5.92 Å². The Labute approximate surface area is 87.2 Å². The third-order valence-electron chi connectivity index (χ3n) is 2.00. The standard InChI is InChI=1S/C11H22N2O/c1-8(2)7-10(13(5)6)12-11(14)9(3)4/h8,10H,3,7H2,1-2,4-6H3,(H,12,14). The number of nitrogens with zero attached hydrogens (tertiary/aromatic N) is 1. The molecule has 1 N–H and O–H groups in total. The van der Waals surface area contributed by atoms with Crippen molar-refractivity contribution in [2.24, 2.45) is 5.92 Å².